The summed E-state index contributed by atoms with van der Waals surface area (Å²) >= 11 is 0. The van der Waals surface area contributed by atoms with E-state index < -0.39 is 0 Å². The van der Waals surface area contributed by atoms with Gasteiger partial charge in [0.2, 0.25) is 5.95 Å². The van der Waals surface area contributed by atoms with Gasteiger partial charge in [-0.15, -0.1) is 0 Å². The van der Waals surface area contributed by atoms with Gasteiger partial charge in [-0.2, -0.15) is 5.10 Å². The zero-order valence-corrected chi connectivity index (χ0v) is 13.8. The van der Waals surface area contributed by atoms with E-state index in [0.717, 1.165) is 5.56 Å². The first-order chi connectivity index (χ1) is 12.0. The molecule has 0 saturated heterocycles. The Hall–Kier alpha value is -3.48. The second kappa shape index (κ2) is 5.55. The monoisotopic (exact) mass is 332 g/mol. The molecule has 1 amide bonds. The molecule has 1 aromatic carbocycles. The standard InChI is InChI=1S/C18H16N6O/c1-23-9-8-12(22-23)15-14-16(21-18(19)20-15)13(24(2)17(14)25)10-11-6-4-3-5-7-11/h3-10H,1-2H3,(H2,19,20,21)/b13-10+. The minimum absolute atomic E-state index is 0.112. The molecule has 2 N–H and O–H groups in total. The van der Waals surface area contributed by atoms with Crippen molar-refractivity contribution >= 4 is 23.6 Å². The van der Waals surface area contributed by atoms with Crippen LogP contribution in [0.5, 0.6) is 0 Å². The van der Waals surface area contributed by atoms with E-state index in [1.165, 1.54) is 0 Å². The lowest BCUT2D eigenvalue weighted by molar-refractivity contribution is 0.0875. The molecule has 7 heteroatoms. The van der Waals surface area contributed by atoms with Crippen LogP contribution >= 0.6 is 0 Å². The van der Waals surface area contributed by atoms with E-state index in [2.05, 4.69) is 15.1 Å². The number of amides is 1. The van der Waals surface area contributed by atoms with Crippen LogP contribution in [0.3, 0.4) is 0 Å². The van der Waals surface area contributed by atoms with Gasteiger partial charge < -0.3 is 10.6 Å². The van der Waals surface area contributed by atoms with Crippen LogP contribution in [0.15, 0.2) is 42.6 Å². The number of fused-ring (bicyclic) bond motifs is 1. The molecule has 7 nitrogen and oxygen atoms in total. The number of benzene rings is 1. The number of carbonyl (C=O) groups is 1. The molecular formula is C18H16N6O. The molecule has 4 rings (SSSR count). The molecule has 1 aliphatic heterocycles. The number of nitrogen functional groups attached to an aromatic ring is 1. The molecule has 0 spiro atoms. The molecule has 0 bridgehead atoms. The van der Waals surface area contributed by atoms with Gasteiger partial charge in [-0.1, -0.05) is 30.3 Å². The van der Waals surface area contributed by atoms with Gasteiger partial charge in [0.1, 0.15) is 17.1 Å². The van der Waals surface area contributed by atoms with Gasteiger partial charge in [0.15, 0.2) is 0 Å². The highest BCUT2D eigenvalue weighted by Gasteiger charge is 2.35. The van der Waals surface area contributed by atoms with Crippen LogP contribution in [0.4, 0.5) is 5.95 Å². The number of nitrogens with zero attached hydrogens (tertiary/aromatic N) is 5. The van der Waals surface area contributed by atoms with Crippen LogP contribution in [0.2, 0.25) is 0 Å². The highest BCUT2D eigenvalue weighted by atomic mass is 16.2. The van der Waals surface area contributed by atoms with Crippen LogP contribution in [0.25, 0.3) is 23.2 Å². The van der Waals surface area contributed by atoms with Crippen LogP contribution < -0.4 is 5.73 Å². The van der Waals surface area contributed by atoms with Crippen molar-refractivity contribution in [2.45, 2.75) is 0 Å². The van der Waals surface area contributed by atoms with Crippen molar-refractivity contribution in [3.63, 3.8) is 0 Å². The molecule has 0 radical (unpaired) electrons. The molecule has 0 aliphatic carbocycles. The number of carbonyl (C=O) groups excluding carboxylic acids is 1. The number of aromatic nitrogens is 4. The number of rotatable bonds is 2. The Kier molecular flexibility index (Phi) is 3.35. The third-order valence-electron chi connectivity index (χ3n) is 4.11. The number of nitrogens with two attached hydrogens (primary N) is 1. The van der Waals surface area contributed by atoms with Crippen LogP contribution in [0, 0.1) is 0 Å². The van der Waals surface area contributed by atoms with Crippen molar-refractivity contribution < 1.29 is 4.79 Å². The lowest BCUT2D eigenvalue weighted by atomic mass is 10.1. The van der Waals surface area contributed by atoms with Crippen LogP contribution in [0.1, 0.15) is 21.6 Å². The van der Waals surface area contributed by atoms with Gasteiger partial charge in [0, 0.05) is 20.3 Å². The summed E-state index contributed by atoms with van der Waals surface area (Å²) in [7, 11) is 3.53. The first-order valence-corrected chi connectivity index (χ1v) is 7.77. The van der Waals surface area contributed by atoms with Gasteiger partial charge in [-0.3, -0.25) is 9.48 Å². The van der Waals surface area contributed by atoms with Gasteiger partial charge in [0.05, 0.1) is 11.3 Å². The SMILES string of the molecule is CN1C(=O)c2c(nc(N)nc2-c2ccn(C)n2)/C1=C\c1ccccc1. The molecule has 0 fully saturated rings. The maximum atomic E-state index is 12.8. The zero-order chi connectivity index (χ0) is 17.6. The normalized spacial score (nSPS) is 15.0. The fraction of sp³-hybridized carbons (Fsp3) is 0.111. The number of aryl methyl sites for hydroxylation is 1. The van der Waals surface area contributed by atoms with Gasteiger partial charge in [0.25, 0.3) is 5.91 Å². The molecule has 1 aliphatic rings. The summed E-state index contributed by atoms with van der Waals surface area (Å²) in [6, 6.07) is 11.6. The molecule has 0 saturated carbocycles. The summed E-state index contributed by atoms with van der Waals surface area (Å²) in [5.74, 6) is -0.0562. The van der Waals surface area contributed by atoms with Crippen LogP contribution in [-0.4, -0.2) is 37.6 Å². The second-order valence-corrected chi connectivity index (χ2v) is 5.83. The van der Waals surface area contributed by atoms with E-state index in [1.54, 1.807) is 28.9 Å². The minimum atomic E-state index is -0.169. The summed E-state index contributed by atoms with van der Waals surface area (Å²) in [6.07, 6.45) is 3.71. The topological polar surface area (TPSA) is 89.9 Å². The van der Waals surface area contributed by atoms with E-state index in [-0.39, 0.29) is 11.9 Å². The highest BCUT2D eigenvalue weighted by Crippen LogP contribution is 2.36. The van der Waals surface area contributed by atoms with E-state index >= 15 is 0 Å². The molecule has 124 valence electrons. The molecular weight excluding hydrogens is 316 g/mol. The number of hydrogen-bond acceptors (Lipinski definition) is 5. The van der Waals surface area contributed by atoms with Crippen LogP contribution in [-0.2, 0) is 7.05 Å². The van der Waals surface area contributed by atoms with Crippen molar-refractivity contribution in [1.29, 1.82) is 0 Å². The summed E-state index contributed by atoms with van der Waals surface area (Å²) < 4.78 is 1.66. The van der Waals surface area contributed by atoms with E-state index in [1.807, 2.05) is 43.5 Å². The summed E-state index contributed by atoms with van der Waals surface area (Å²) in [5, 5.41) is 4.35. The van der Waals surface area contributed by atoms with Gasteiger partial charge >= 0.3 is 0 Å². The quantitative estimate of drug-likeness (QED) is 0.775. The Morgan fingerprint density at radius 2 is 1.76 bits per heavy atom. The summed E-state index contributed by atoms with van der Waals surface area (Å²) in [4.78, 5) is 23.0. The summed E-state index contributed by atoms with van der Waals surface area (Å²) in [6.45, 7) is 0. The predicted molar refractivity (Wildman–Crippen MR) is 95.1 cm³/mol. The number of hydrogen-bond donors (Lipinski definition) is 1. The maximum absolute atomic E-state index is 12.8. The minimum Gasteiger partial charge on any atom is -0.368 e. The predicted octanol–water partition coefficient (Wildman–Crippen LogP) is 2.04. The first kappa shape index (κ1) is 15.1. The van der Waals surface area contributed by atoms with Gasteiger partial charge in [-0.05, 0) is 17.7 Å². The molecule has 2 aromatic heterocycles. The highest BCUT2D eigenvalue weighted by molar-refractivity contribution is 6.14. The fourth-order valence-corrected chi connectivity index (χ4v) is 2.90. The van der Waals surface area contributed by atoms with Crippen molar-refractivity contribution in [3.05, 3.63) is 59.4 Å². The molecule has 3 aromatic rings. The third kappa shape index (κ3) is 2.46. The zero-order valence-electron chi connectivity index (χ0n) is 13.8. The van der Waals surface area contributed by atoms with E-state index in [0.29, 0.717) is 28.3 Å². The largest absolute Gasteiger partial charge is 0.368 e. The second-order valence-electron chi connectivity index (χ2n) is 5.83. The average Bonchev–Trinajstić information content (AvgIpc) is 3.13. The number of anilines is 1. The lowest BCUT2D eigenvalue weighted by Gasteiger charge is -2.10. The summed E-state index contributed by atoms with van der Waals surface area (Å²) in [5.41, 5.74) is 9.58. The Bertz CT molecular complexity index is 1010. The van der Waals surface area contributed by atoms with Crippen molar-refractivity contribution in [2.24, 2.45) is 7.05 Å². The molecule has 25 heavy (non-hydrogen) atoms. The molecule has 3 heterocycles. The van der Waals surface area contributed by atoms with Crippen molar-refractivity contribution in [1.82, 2.24) is 24.6 Å². The average molecular weight is 332 g/mol. The Morgan fingerprint density at radius 3 is 2.44 bits per heavy atom. The fourth-order valence-electron chi connectivity index (χ4n) is 2.90. The maximum Gasteiger partial charge on any atom is 0.262 e. The lowest BCUT2D eigenvalue weighted by Crippen LogP contribution is -2.17. The first-order valence-electron chi connectivity index (χ1n) is 7.77. The third-order valence-corrected chi connectivity index (χ3v) is 4.11. The molecule has 0 atom stereocenters. The van der Waals surface area contributed by atoms with Gasteiger partial charge in [-0.25, -0.2) is 9.97 Å². The Balaban J connectivity index is 1.94. The van der Waals surface area contributed by atoms with Crippen molar-refractivity contribution in [2.75, 3.05) is 12.8 Å². The van der Waals surface area contributed by atoms with E-state index in [4.69, 9.17) is 5.73 Å². The molecule has 0 unspecified atom stereocenters. The smallest absolute Gasteiger partial charge is 0.262 e. The Morgan fingerprint density at radius 1 is 1.04 bits per heavy atom. The van der Waals surface area contributed by atoms with E-state index in [9.17, 15) is 4.79 Å². The van der Waals surface area contributed by atoms with Crippen molar-refractivity contribution in [3.8, 4) is 11.4 Å². The Labute approximate surface area is 144 Å².